The van der Waals surface area contributed by atoms with E-state index in [4.69, 9.17) is 0 Å². The van der Waals surface area contributed by atoms with E-state index >= 15 is 0 Å². The topological polar surface area (TPSA) is 80.3 Å². The molecule has 1 aromatic rings. The van der Waals surface area contributed by atoms with Crippen molar-refractivity contribution in [1.82, 2.24) is 0 Å². The van der Waals surface area contributed by atoms with Crippen LogP contribution in [-0.2, 0) is 12.8 Å². The molecular weight excluding hydrogens is 416 g/mol. The minimum absolute atomic E-state index is 0.165. The second kappa shape index (κ2) is 12.0. The summed E-state index contributed by atoms with van der Waals surface area (Å²) in [4.78, 5) is 23.3. The molecule has 0 heterocycles. The van der Waals surface area contributed by atoms with Crippen LogP contribution in [0.25, 0.3) is 0 Å². The third-order valence-electron chi connectivity index (χ3n) is 6.31. The van der Waals surface area contributed by atoms with Gasteiger partial charge in [-0.2, -0.15) is 23.5 Å². The molecule has 0 unspecified atom stereocenters. The van der Waals surface area contributed by atoms with Crippen molar-refractivity contribution in [3.8, 4) is 0 Å². The molecule has 0 amide bonds. The van der Waals surface area contributed by atoms with Crippen molar-refractivity contribution in [1.29, 1.82) is 0 Å². The summed E-state index contributed by atoms with van der Waals surface area (Å²) < 4.78 is 0. The van der Waals surface area contributed by atoms with Crippen molar-refractivity contribution in [2.45, 2.75) is 87.5 Å². The van der Waals surface area contributed by atoms with Crippen LogP contribution < -0.4 is 10.2 Å². The molecule has 2 aliphatic rings. The van der Waals surface area contributed by atoms with Gasteiger partial charge in [0.05, 0.1) is 11.9 Å². The van der Waals surface area contributed by atoms with Crippen LogP contribution in [0.15, 0.2) is 12.1 Å². The van der Waals surface area contributed by atoms with Gasteiger partial charge in [0.15, 0.2) is 0 Å². The highest BCUT2D eigenvalue weighted by atomic mass is 32.2. The Bertz CT molecular complexity index is 722. The average Bonchev–Trinajstić information content (AvgIpc) is 3.42. The summed E-state index contributed by atoms with van der Waals surface area (Å²) in [6.07, 6.45) is 13.6. The normalized spacial score (nSPS) is 17.6. The van der Waals surface area contributed by atoms with Gasteiger partial charge in [-0.25, -0.2) is 0 Å². The van der Waals surface area contributed by atoms with Crippen molar-refractivity contribution in [2.75, 3.05) is 11.5 Å². The predicted molar refractivity (Wildman–Crippen MR) is 121 cm³/mol. The highest BCUT2D eigenvalue weighted by Gasteiger charge is 2.18. The van der Waals surface area contributed by atoms with E-state index in [1.165, 1.54) is 57.4 Å². The van der Waals surface area contributed by atoms with E-state index in [9.17, 15) is 19.8 Å². The van der Waals surface area contributed by atoms with E-state index in [1.807, 2.05) is 23.5 Å². The van der Waals surface area contributed by atoms with E-state index in [1.54, 1.807) is 6.07 Å². The molecule has 0 aromatic heterocycles. The Balaban J connectivity index is 1.64. The first kappa shape index (κ1) is 23.5. The van der Waals surface area contributed by atoms with Gasteiger partial charge in [0.2, 0.25) is 0 Å². The summed E-state index contributed by atoms with van der Waals surface area (Å²) in [5.74, 6) is -0.817. The number of benzene rings is 1. The Labute approximate surface area is 188 Å². The van der Waals surface area contributed by atoms with Crippen molar-refractivity contribution >= 4 is 35.5 Å². The van der Waals surface area contributed by atoms with Crippen LogP contribution in [0.1, 0.15) is 96.1 Å². The van der Waals surface area contributed by atoms with Gasteiger partial charge in [0.1, 0.15) is 0 Å². The Kier molecular flexibility index (Phi) is 9.44. The Morgan fingerprint density at radius 1 is 0.800 bits per heavy atom. The molecule has 166 valence electrons. The van der Waals surface area contributed by atoms with Gasteiger partial charge in [-0.1, -0.05) is 37.8 Å². The highest BCUT2D eigenvalue weighted by Crippen LogP contribution is 2.32. The molecule has 3 rings (SSSR count). The van der Waals surface area contributed by atoms with Gasteiger partial charge in [0.25, 0.3) is 0 Å². The number of carboxylic acid groups (broad SMARTS) is 2. The lowest BCUT2D eigenvalue weighted by Crippen LogP contribution is -2.31. The summed E-state index contributed by atoms with van der Waals surface area (Å²) in [5, 5.41) is 24.8. The largest absolute Gasteiger partial charge is 0.545 e. The molecule has 2 saturated carbocycles. The lowest BCUT2D eigenvalue weighted by atomic mass is 9.91. The molecule has 6 heteroatoms. The van der Waals surface area contributed by atoms with E-state index in [-0.39, 0.29) is 11.1 Å². The molecule has 0 atom stereocenters. The minimum Gasteiger partial charge on any atom is -0.545 e. The fourth-order valence-corrected chi connectivity index (χ4v) is 7.36. The van der Waals surface area contributed by atoms with Gasteiger partial charge < -0.3 is 19.8 Å². The van der Waals surface area contributed by atoms with Crippen LogP contribution >= 0.6 is 23.5 Å². The second-order valence-corrected chi connectivity index (χ2v) is 11.3. The van der Waals surface area contributed by atoms with Gasteiger partial charge in [-0.05, 0) is 74.0 Å². The number of rotatable bonds is 12. The Hall–Kier alpha value is -1.14. The number of aromatic carboxylic acids is 2. The van der Waals surface area contributed by atoms with Crippen LogP contribution in [0.3, 0.4) is 0 Å². The molecule has 4 nitrogen and oxygen atoms in total. The molecule has 30 heavy (non-hydrogen) atoms. The lowest BCUT2D eigenvalue weighted by Gasteiger charge is -2.21. The molecule has 0 bridgehead atoms. The van der Waals surface area contributed by atoms with Crippen LogP contribution in [0.2, 0.25) is 0 Å². The number of thioether (sulfide) groups is 2. The highest BCUT2D eigenvalue weighted by molar-refractivity contribution is 8.00. The summed E-state index contributed by atoms with van der Waals surface area (Å²) in [7, 11) is 0. The van der Waals surface area contributed by atoms with Crippen molar-refractivity contribution in [3.05, 3.63) is 34.4 Å². The van der Waals surface area contributed by atoms with E-state index < -0.39 is 11.9 Å². The van der Waals surface area contributed by atoms with Gasteiger partial charge >= 0.3 is 0 Å². The van der Waals surface area contributed by atoms with Crippen LogP contribution in [0.4, 0.5) is 0 Å². The van der Waals surface area contributed by atoms with Crippen LogP contribution in [0.5, 0.6) is 0 Å². The molecule has 0 radical (unpaired) electrons. The van der Waals surface area contributed by atoms with E-state index in [0.29, 0.717) is 12.0 Å². The number of hydrogen-bond donors (Lipinski definition) is 0. The first-order valence-electron chi connectivity index (χ1n) is 11.4. The smallest absolute Gasteiger partial charge is 0.0724 e. The number of carbonyl (C=O) groups excluding carboxylic acids is 2. The summed E-state index contributed by atoms with van der Waals surface area (Å²) in [6.45, 7) is 0. The molecular formula is C24H32O4S2-2. The quantitative estimate of drug-likeness (QED) is 0.454. The molecule has 2 aliphatic carbocycles. The number of carboxylic acids is 2. The first-order valence-corrected chi connectivity index (χ1v) is 13.5. The lowest BCUT2D eigenvalue weighted by molar-refractivity contribution is -0.259. The van der Waals surface area contributed by atoms with Gasteiger partial charge in [-0.3, -0.25) is 0 Å². The zero-order valence-electron chi connectivity index (χ0n) is 17.7. The predicted octanol–water partition coefficient (Wildman–Crippen LogP) is 3.63. The third-order valence-corrected chi connectivity index (χ3v) is 9.24. The summed E-state index contributed by atoms with van der Waals surface area (Å²) >= 11 is 4.00. The maximum atomic E-state index is 11.8. The van der Waals surface area contributed by atoms with Crippen LogP contribution in [-0.4, -0.2) is 33.9 Å². The standard InChI is InChI=1S/C24H34O4S2/c25-23(26)21-14-13-17(7-5-15-29-18-8-1-2-9-18)20(22(21)24(27)28)12-6-16-30-19-10-3-4-11-19/h13-14,18-19H,1-12,15-16H2,(H,25,26)(H,27,28)/p-2. The average molecular weight is 449 g/mol. The van der Waals surface area contributed by atoms with Gasteiger partial charge in [-0.15, -0.1) is 0 Å². The fraction of sp³-hybridized carbons (Fsp3) is 0.667. The van der Waals surface area contributed by atoms with Crippen LogP contribution in [0, 0.1) is 0 Å². The summed E-state index contributed by atoms with van der Waals surface area (Å²) in [5.41, 5.74) is 1.19. The van der Waals surface area contributed by atoms with E-state index in [2.05, 4.69) is 0 Å². The Morgan fingerprint density at radius 3 is 1.83 bits per heavy atom. The van der Waals surface area contributed by atoms with E-state index in [0.717, 1.165) is 46.8 Å². The molecule has 2 fully saturated rings. The maximum Gasteiger partial charge on any atom is 0.0724 e. The zero-order chi connectivity index (χ0) is 21.3. The van der Waals surface area contributed by atoms with Crippen molar-refractivity contribution in [3.63, 3.8) is 0 Å². The maximum absolute atomic E-state index is 11.8. The molecule has 0 aliphatic heterocycles. The SMILES string of the molecule is O=C([O-])c1ccc(CCCSC2CCCC2)c(CCCSC2CCCC2)c1C(=O)[O-]. The number of aryl methyl sites for hydroxylation is 1. The van der Waals surface area contributed by atoms with Crippen molar-refractivity contribution < 1.29 is 19.8 Å². The molecule has 0 N–H and O–H groups in total. The van der Waals surface area contributed by atoms with Crippen molar-refractivity contribution in [2.24, 2.45) is 0 Å². The third kappa shape index (κ3) is 6.68. The molecule has 1 aromatic carbocycles. The molecule has 0 spiro atoms. The Morgan fingerprint density at radius 2 is 1.33 bits per heavy atom. The second-order valence-electron chi connectivity index (χ2n) is 8.46. The zero-order valence-corrected chi connectivity index (χ0v) is 19.3. The number of carbonyl (C=O) groups is 2. The fourth-order valence-electron chi connectivity index (χ4n) is 4.74. The molecule has 0 saturated heterocycles. The minimum atomic E-state index is -1.45. The monoisotopic (exact) mass is 448 g/mol. The summed E-state index contributed by atoms with van der Waals surface area (Å²) in [6, 6.07) is 3.17. The number of hydrogen-bond acceptors (Lipinski definition) is 6. The first-order chi connectivity index (χ1) is 14.6. The van der Waals surface area contributed by atoms with Gasteiger partial charge in [0, 0.05) is 21.6 Å².